The van der Waals surface area contributed by atoms with Gasteiger partial charge in [0.25, 0.3) is 5.69 Å². The Bertz CT molecular complexity index is 536. The fourth-order valence-electron chi connectivity index (χ4n) is 2.06. The fraction of sp³-hybridized carbons (Fsp3) is 0.500. The summed E-state index contributed by atoms with van der Waals surface area (Å²) >= 11 is 0. The minimum absolute atomic E-state index is 0.0114. The van der Waals surface area contributed by atoms with Crippen LogP contribution >= 0.6 is 0 Å². The summed E-state index contributed by atoms with van der Waals surface area (Å²) in [7, 11) is 1.78. The first kappa shape index (κ1) is 14.2. The van der Waals surface area contributed by atoms with Crippen LogP contribution in [0, 0.1) is 21.4 Å². The molecule has 0 bridgehead atoms. The smallest absolute Gasteiger partial charge is 0.289 e. The number of ether oxygens (including phenoxy) is 1. The van der Waals surface area contributed by atoms with Crippen molar-refractivity contribution in [2.75, 3.05) is 38.2 Å². The number of morpholine rings is 1. The zero-order chi connectivity index (χ0) is 14.5. The van der Waals surface area contributed by atoms with E-state index in [-0.39, 0.29) is 17.4 Å². The molecule has 1 unspecified atom stereocenters. The third-order valence-corrected chi connectivity index (χ3v) is 3.03. The van der Waals surface area contributed by atoms with E-state index in [1.807, 2.05) is 6.07 Å². The summed E-state index contributed by atoms with van der Waals surface area (Å²) in [6.45, 7) is 2.78. The molecular weight excluding hydrogens is 262 g/mol. The second-order valence-corrected chi connectivity index (χ2v) is 4.51. The highest BCUT2D eigenvalue weighted by Crippen LogP contribution is 2.21. The SMILES string of the molecule is CN(CC1CNCCO1)c1ncc([N+](=O)[O-])cc1C#N. The van der Waals surface area contributed by atoms with E-state index in [0.29, 0.717) is 19.0 Å². The van der Waals surface area contributed by atoms with Gasteiger partial charge in [0.2, 0.25) is 0 Å². The molecule has 2 rings (SSSR count). The normalized spacial score (nSPS) is 18.3. The maximum atomic E-state index is 10.7. The average Bonchev–Trinajstić information content (AvgIpc) is 2.47. The van der Waals surface area contributed by atoms with Crippen molar-refractivity contribution in [3.8, 4) is 6.07 Å². The lowest BCUT2D eigenvalue weighted by Crippen LogP contribution is -2.44. The van der Waals surface area contributed by atoms with E-state index in [2.05, 4.69) is 10.3 Å². The third-order valence-electron chi connectivity index (χ3n) is 3.03. The summed E-state index contributed by atoms with van der Waals surface area (Å²) in [6, 6.07) is 3.18. The zero-order valence-corrected chi connectivity index (χ0v) is 11.1. The molecule has 0 spiro atoms. The van der Waals surface area contributed by atoms with Gasteiger partial charge in [0.15, 0.2) is 0 Å². The number of anilines is 1. The lowest BCUT2D eigenvalue weighted by Gasteiger charge is -2.28. The van der Waals surface area contributed by atoms with Gasteiger partial charge in [0, 0.05) is 32.7 Å². The van der Waals surface area contributed by atoms with Crippen molar-refractivity contribution in [3.63, 3.8) is 0 Å². The lowest BCUT2D eigenvalue weighted by molar-refractivity contribution is -0.385. The van der Waals surface area contributed by atoms with E-state index in [1.54, 1.807) is 11.9 Å². The first-order valence-electron chi connectivity index (χ1n) is 6.20. The number of aromatic nitrogens is 1. The lowest BCUT2D eigenvalue weighted by atomic mass is 10.2. The van der Waals surface area contributed by atoms with Gasteiger partial charge in [-0.25, -0.2) is 4.98 Å². The van der Waals surface area contributed by atoms with E-state index in [4.69, 9.17) is 10.00 Å². The van der Waals surface area contributed by atoms with Crippen LogP contribution in [-0.4, -0.2) is 49.3 Å². The number of hydrogen-bond acceptors (Lipinski definition) is 7. The molecule has 8 nitrogen and oxygen atoms in total. The van der Waals surface area contributed by atoms with Gasteiger partial charge in [0.1, 0.15) is 23.6 Å². The molecule has 1 aliphatic rings. The Balaban J connectivity index is 2.14. The highest BCUT2D eigenvalue weighted by molar-refractivity contribution is 5.56. The van der Waals surface area contributed by atoms with Crippen molar-refractivity contribution in [2.45, 2.75) is 6.10 Å². The van der Waals surface area contributed by atoms with Crippen molar-refractivity contribution in [1.82, 2.24) is 10.3 Å². The number of nitrogens with one attached hydrogen (secondary N) is 1. The predicted molar refractivity (Wildman–Crippen MR) is 71.5 cm³/mol. The third kappa shape index (κ3) is 3.20. The van der Waals surface area contributed by atoms with Crippen LogP contribution in [-0.2, 0) is 4.74 Å². The van der Waals surface area contributed by atoms with Crippen LogP contribution in [0.1, 0.15) is 5.56 Å². The number of likely N-dealkylation sites (N-methyl/N-ethyl adjacent to an activating group) is 1. The zero-order valence-electron chi connectivity index (χ0n) is 11.1. The average molecular weight is 277 g/mol. The molecule has 1 aromatic rings. The summed E-state index contributed by atoms with van der Waals surface area (Å²) in [5, 5.41) is 23.0. The number of hydrogen-bond donors (Lipinski definition) is 1. The van der Waals surface area contributed by atoms with Crippen LogP contribution < -0.4 is 10.2 Å². The summed E-state index contributed by atoms with van der Waals surface area (Å²) in [4.78, 5) is 15.9. The molecule has 8 heteroatoms. The van der Waals surface area contributed by atoms with Crippen LogP contribution in [0.2, 0.25) is 0 Å². The summed E-state index contributed by atoms with van der Waals surface area (Å²) < 4.78 is 5.58. The minimum atomic E-state index is -0.564. The van der Waals surface area contributed by atoms with Gasteiger partial charge in [-0.15, -0.1) is 0 Å². The molecule has 0 aliphatic carbocycles. The van der Waals surface area contributed by atoms with Gasteiger partial charge in [-0.1, -0.05) is 0 Å². The first-order chi connectivity index (χ1) is 9.61. The largest absolute Gasteiger partial charge is 0.374 e. The second kappa shape index (κ2) is 6.27. The van der Waals surface area contributed by atoms with Crippen LogP contribution in [0.4, 0.5) is 11.5 Å². The minimum Gasteiger partial charge on any atom is -0.374 e. The van der Waals surface area contributed by atoms with Gasteiger partial charge in [-0.3, -0.25) is 10.1 Å². The monoisotopic (exact) mass is 277 g/mol. The molecule has 0 amide bonds. The Hall–Kier alpha value is -2.24. The Morgan fingerprint density at radius 1 is 1.75 bits per heavy atom. The van der Waals surface area contributed by atoms with Crippen LogP contribution in [0.15, 0.2) is 12.3 Å². The summed E-state index contributed by atoms with van der Waals surface area (Å²) in [5.41, 5.74) is -0.000230. The number of nitriles is 1. The summed E-state index contributed by atoms with van der Waals surface area (Å²) in [6.07, 6.45) is 1.17. The van der Waals surface area contributed by atoms with E-state index >= 15 is 0 Å². The van der Waals surface area contributed by atoms with Gasteiger partial charge < -0.3 is 15.0 Å². The highest BCUT2D eigenvalue weighted by atomic mass is 16.6. The molecule has 1 N–H and O–H groups in total. The van der Waals surface area contributed by atoms with Crippen molar-refractivity contribution in [2.24, 2.45) is 0 Å². The molecule has 1 saturated heterocycles. The fourth-order valence-corrected chi connectivity index (χ4v) is 2.06. The van der Waals surface area contributed by atoms with Crippen LogP contribution in [0.3, 0.4) is 0 Å². The van der Waals surface area contributed by atoms with Gasteiger partial charge in [-0.2, -0.15) is 5.26 Å². The Morgan fingerprint density at radius 2 is 2.55 bits per heavy atom. The first-order valence-corrected chi connectivity index (χ1v) is 6.20. The maximum absolute atomic E-state index is 10.7. The molecular formula is C12H15N5O3. The molecule has 1 aromatic heterocycles. The van der Waals surface area contributed by atoms with Crippen LogP contribution in [0.25, 0.3) is 0 Å². The summed E-state index contributed by atoms with van der Waals surface area (Å²) in [5.74, 6) is 0.423. The van der Waals surface area contributed by atoms with E-state index in [1.165, 1.54) is 6.07 Å². The Kier molecular flexibility index (Phi) is 4.45. The second-order valence-electron chi connectivity index (χ2n) is 4.51. The van der Waals surface area contributed by atoms with Gasteiger partial charge >= 0.3 is 0 Å². The number of pyridine rings is 1. The molecule has 106 valence electrons. The van der Waals surface area contributed by atoms with Crippen molar-refractivity contribution >= 4 is 11.5 Å². The topological polar surface area (TPSA) is 104 Å². The van der Waals surface area contributed by atoms with Gasteiger partial charge in [-0.05, 0) is 0 Å². The quantitative estimate of drug-likeness (QED) is 0.622. The molecule has 1 aliphatic heterocycles. The Morgan fingerprint density at radius 3 is 3.15 bits per heavy atom. The van der Waals surface area contributed by atoms with Crippen molar-refractivity contribution in [3.05, 3.63) is 27.9 Å². The molecule has 1 fully saturated rings. The highest BCUT2D eigenvalue weighted by Gasteiger charge is 2.20. The van der Waals surface area contributed by atoms with Crippen molar-refractivity contribution < 1.29 is 9.66 Å². The van der Waals surface area contributed by atoms with Crippen LogP contribution in [0.5, 0.6) is 0 Å². The number of rotatable bonds is 4. The molecule has 20 heavy (non-hydrogen) atoms. The molecule has 2 heterocycles. The van der Waals surface area contributed by atoms with E-state index in [0.717, 1.165) is 19.3 Å². The maximum Gasteiger partial charge on any atom is 0.289 e. The number of nitrogens with zero attached hydrogens (tertiary/aromatic N) is 4. The molecule has 0 saturated carbocycles. The molecule has 1 atom stereocenters. The molecule has 0 aromatic carbocycles. The van der Waals surface area contributed by atoms with E-state index in [9.17, 15) is 10.1 Å². The molecule has 0 radical (unpaired) electrons. The van der Waals surface area contributed by atoms with Crippen molar-refractivity contribution in [1.29, 1.82) is 5.26 Å². The van der Waals surface area contributed by atoms with Gasteiger partial charge in [0.05, 0.1) is 17.6 Å². The predicted octanol–water partition coefficient (Wildman–Crippen LogP) is 0.286. The van der Waals surface area contributed by atoms with E-state index < -0.39 is 4.92 Å². The Labute approximate surface area is 116 Å². The standard InChI is InChI=1S/C12H15N5O3/c1-16(8-11-7-14-2-3-20-11)12-9(5-13)4-10(6-15-12)17(18)19/h4,6,11,14H,2-3,7-8H2,1H3. The number of nitro groups is 1.